The molecule has 0 unspecified atom stereocenters. The number of benzene rings is 2. The maximum Gasteiger partial charge on any atom is 0.340 e. The van der Waals surface area contributed by atoms with Crippen molar-refractivity contribution in [1.82, 2.24) is 0 Å². The second-order valence-electron chi connectivity index (χ2n) is 7.19. The molecule has 0 aromatic heterocycles. The molecule has 31 heavy (non-hydrogen) atoms. The number of non-ortho nitro benzene ring substituents is 2. The lowest BCUT2D eigenvalue weighted by Gasteiger charge is -2.22. The third kappa shape index (κ3) is 4.26. The molecule has 2 aromatic rings. The predicted molar refractivity (Wildman–Crippen MR) is 107 cm³/mol. The summed E-state index contributed by atoms with van der Waals surface area (Å²) in [6.45, 7) is 1.32. The molecular formula is C20H19N3O8. The van der Waals surface area contributed by atoms with E-state index in [0.29, 0.717) is 22.6 Å². The number of rotatable bonds is 6. The van der Waals surface area contributed by atoms with Gasteiger partial charge in [0.25, 0.3) is 11.4 Å². The normalized spacial score (nSPS) is 15.2. The van der Waals surface area contributed by atoms with E-state index in [1.54, 1.807) is 6.07 Å². The van der Waals surface area contributed by atoms with Crippen molar-refractivity contribution in [3.8, 4) is 5.75 Å². The van der Waals surface area contributed by atoms with Crippen LogP contribution in [0.1, 0.15) is 34.3 Å². The molecular weight excluding hydrogens is 410 g/mol. The van der Waals surface area contributed by atoms with E-state index in [1.165, 1.54) is 24.3 Å². The molecule has 11 nitrogen and oxygen atoms in total. The van der Waals surface area contributed by atoms with Gasteiger partial charge in [-0.1, -0.05) is 0 Å². The Morgan fingerprint density at radius 1 is 1.06 bits per heavy atom. The van der Waals surface area contributed by atoms with Gasteiger partial charge in [0, 0.05) is 48.5 Å². The lowest BCUT2D eigenvalue weighted by Crippen LogP contribution is -2.21. The number of esters is 1. The zero-order chi connectivity index (χ0) is 22.0. The molecule has 2 aliphatic heterocycles. The van der Waals surface area contributed by atoms with Crippen LogP contribution in [0.25, 0.3) is 0 Å². The Morgan fingerprint density at radius 3 is 2.52 bits per heavy atom. The van der Waals surface area contributed by atoms with Gasteiger partial charge in [0.15, 0.2) is 6.79 Å². The minimum Gasteiger partial charge on any atom is -0.467 e. The van der Waals surface area contributed by atoms with Crippen molar-refractivity contribution in [1.29, 1.82) is 0 Å². The van der Waals surface area contributed by atoms with Crippen molar-refractivity contribution in [3.63, 3.8) is 0 Å². The molecule has 2 heterocycles. The van der Waals surface area contributed by atoms with Gasteiger partial charge < -0.3 is 19.1 Å². The maximum atomic E-state index is 12.9. The molecule has 4 rings (SSSR count). The molecule has 0 atom stereocenters. The van der Waals surface area contributed by atoms with Gasteiger partial charge in [-0.3, -0.25) is 20.2 Å². The summed E-state index contributed by atoms with van der Waals surface area (Å²) in [6.07, 6.45) is 1.93. The van der Waals surface area contributed by atoms with E-state index in [-0.39, 0.29) is 36.9 Å². The second-order valence-corrected chi connectivity index (χ2v) is 7.19. The van der Waals surface area contributed by atoms with E-state index in [4.69, 9.17) is 14.2 Å². The Balaban J connectivity index is 1.62. The smallest absolute Gasteiger partial charge is 0.340 e. The van der Waals surface area contributed by atoms with Crippen molar-refractivity contribution in [2.75, 3.05) is 24.8 Å². The topological polar surface area (TPSA) is 134 Å². The molecule has 0 N–H and O–H groups in total. The fourth-order valence-corrected chi connectivity index (χ4v) is 3.75. The highest BCUT2D eigenvalue weighted by Crippen LogP contribution is 2.34. The lowest BCUT2D eigenvalue weighted by molar-refractivity contribution is -0.385. The molecule has 0 amide bonds. The highest BCUT2D eigenvalue weighted by atomic mass is 16.7. The quantitative estimate of drug-likeness (QED) is 0.385. The van der Waals surface area contributed by atoms with Crippen LogP contribution in [0.4, 0.5) is 17.1 Å². The molecule has 0 radical (unpaired) electrons. The van der Waals surface area contributed by atoms with E-state index in [0.717, 1.165) is 25.9 Å². The number of carbonyl (C=O) groups excluding carboxylic acids is 1. The number of nitro benzene ring substituents is 2. The Morgan fingerprint density at radius 2 is 1.81 bits per heavy atom. The molecule has 2 aromatic carbocycles. The number of hydrogen-bond donors (Lipinski definition) is 0. The third-order valence-corrected chi connectivity index (χ3v) is 5.20. The van der Waals surface area contributed by atoms with Crippen LogP contribution in [0.3, 0.4) is 0 Å². The summed E-state index contributed by atoms with van der Waals surface area (Å²) in [6, 6.07) is 6.74. The van der Waals surface area contributed by atoms with Gasteiger partial charge in [-0.15, -0.1) is 0 Å². The number of nitro groups is 2. The SMILES string of the molecule is O=C(OCc1cc([N+](=O)[O-])cc2c1OCOC2)c1cc([N+](=O)[O-])ccc1N1CCCC1. The van der Waals surface area contributed by atoms with Crippen LogP contribution in [0.15, 0.2) is 30.3 Å². The average molecular weight is 429 g/mol. The first-order chi connectivity index (χ1) is 14.9. The van der Waals surface area contributed by atoms with Crippen molar-refractivity contribution in [3.05, 3.63) is 67.3 Å². The van der Waals surface area contributed by atoms with Gasteiger partial charge in [0.05, 0.1) is 27.7 Å². The Kier molecular flexibility index (Phi) is 5.67. The number of carbonyl (C=O) groups is 1. The van der Waals surface area contributed by atoms with Crippen LogP contribution >= 0.6 is 0 Å². The van der Waals surface area contributed by atoms with E-state index in [1.807, 2.05) is 4.90 Å². The van der Waals surface area contributed by atoms with Gasteiger partial charge in [0.1, 0.15) is 12.4 Å². The first-order valence-electron chi connectivity index (χ1n) is 9.65. The van der Waals surface area contributed by atoms with Crippen molar-refractivity contribution >= 4 is 23.0 Å². The van der Waals surface area contributed by atoms with Gasteiger partial charge in [-0.25, -0.2) is 4.79 Å². The highest BCUT2D eigenvalue weighted by Gasteiger charge is 2.25. The summed E-state index contributed by atoms with van der Waals surface area (Å²) in [5.74, 6) is -0.374. The molecule has 1 saturated heterocycles. The number of fused-ring (bicyclic) bond motifs is 1. The number of anilines is 1. The summed E-state index contributed by atoms with van der Waals surface area (Å²) in [4.78, 5) is 36.2. The van der Waals surface area contributed by atoms with Gasteiger partial charge in [0.2, 0.25) is 0 Å². The van der Waals surface area contributed by atoms with Crippen LogP contribution in [-0.4, -0.2) is 35.7 Å². The highest BCUT2D eigenvalue weighted by molar-refractivity contribution is 5.96. The van der Waals surface area contributed by atoms with Crippen LogP contribution < -0.4 is 9.64 Å². The third-order valence-electron chi connectivity index (χ3n) is 5.20. The molecule has 11 heteroatoms. The standard InChI is InChI=1S/C20H19N3O8/c24-20(17-9-15(22(25)26)3-4-18(17)21-5-1-2-6-21)30-11-14-8-16(23(27)28)7-13-10-29-12-31-19(13)14/h3-4,7-9H,1-2,5-6,10-12H2. The lowest BCUT2D eigenvalue weighted by atomic mass is 10.1. The van der Waals surface area contributed by atoms with E-state index >= 15 is 0 Å². The van der Waals surface area contributed by atoms with Crippen LogP contribution in [0, 0.1) is 20.2 Å². The van der Waals surface area contributed by atoms with Crippen molar-refractivity contribution < 1.29 is 28.9 Å². The second kappa shape index (κ2) is 8.56. The number of nitrogens with zero attached hydrogens (tertiary/aromatic N) is 3. The van der Waals surface area contributed by atoms with Crippen molar-refractivity contribution in [2.45, 2.75) is 26.1 Å². The maximum absolute atomic E-state index is 12.9. The van der Waals surface area contributed by atoms with Gasteiger partial charge in [-0.05, 0) is 18.9 Å². The average Bonchev–Trinajstić information content (AvgIpc) is 3.31. The summed E-state index contributed by atoms with van der Waals surface area (Å²) in [7, 11) is 0. The molecule has 0 bridgehead atoms. The van der Waals surface area contributed by atoms with Crippen LogP contribution in [0.2, 0.25) is 0 Å². The van der Waals surface area contributed by atoms with Crippen LogP contribution in [-0.2, 0) is 22.7 Å². The van der Waals surface area contributed by atoms with E-state index < -0.39 is 15.8 Å². The molecule has 2 aliphatic rings. The Bertz CT molecular complexity index is 1050. The fraction of sp³-hybridized carbons (Fsp3) is 0.350. The Labute approximate surface area is 176 Å². The largest absolute Gasteiger partial charge is 0.467 e. The summed E-state index contributed by atoms with van der Waals surface area (Å²) in [5, 5.41) is 22.4. The molecule has 162 valence electrons. The van der Waals surface area contributed by atoms with Gasteiger partial charge >= 0.3 is 5.97 Å². The number of hydrogen-bond acceptors (Lipinski definition) is 9. The first-order valence-corrected chi connectivity index (χ1v) is 9.65. The first kappa shape index (κ1) is 20.5. The molecule has 0 saturated carbocycles. The summed E-state index contributed by atoms with van der Waals surface area (Å²) >= 11 is 0. The summed E-state index contributed by atoms with van der Waals surface area (Å²) in [5.41, 5.74) is 1.07. The van der Waals surface area contributed by atoms with Crippen molar-refractivity contribution in [2.24, 2.45) is 0 Å². The predicted octanol–water partition coefficient (Wildman–Crippen LogP) is 3.33. The monoisotopic (exact) mass is 429 g/mol. The molecule has 0 aliphatic carbocycles. The van der Waals surface area contributed by atoms with Crippen LogP contribution in [0.5, 0.6) is 5.75 Å². The zero-order valence-corrected chi connectivity index (χ0v) is 16.4. The minimum absolute atomic E-state index is 0.0181. The zero-order valence-electron chi connectivity index (χ0n) is 16.4. The van der Waals surface area contributed by atoms with E-state index in [2.05, 4.69) is 0 Å². The molecule has 1 fully saturated rings. The van der Waals surface area contributed by atoms with E-state index in [9.17, 15) is 25.0 Å². The Hall–Kier alpha value is -3.73. The minimum atomic E-state index is -0.752. The molecule has 0 spiro atoms. The fourth-order valence-electron chi connectivity index (χ4n) is 3.75. The summed E-state index contributed by atoms with van der Waals surface area (Å²) < 4.78 is 16.0. The number of ether oxygens (including phenoxy) is 3. The van der Waals surface area contributed by atoms with Gasteiger partial charge in [-0.2, -0.15) is 0 Å².